The maximum atomic E-state index is 14.4. The lowest BCUT2D eigenvalue weighted by Gasteiger charge is -2.33. The average molecular weight is 410 g/mol. The first-order chi connectivity index (χ1) is 13.3. The summed E-state index contributed by atoms with van der Waals surface area (Å²) in [5.74, 6) is 0. The molecule has 0 spiro atoms. The fraction of sp³-hybridized carbons (Fsp3) is 0.462. The fourth-order valence-electron chi connectivity index (χ4n) is 4.14. The molecule has 0 aromatic heterocycles. The van der Waals surface area contributed by atoms with Gasteiger partial charge >= 0.3 is 0 Å². The van der Waals surface area contributed by atoms with Crippen LogP contribution in [0.1, 0.15) is 75.1 Å². The summed E-state index contributed by atoms with van der Waals surface area (Å²) in [5.41, 5.74) is 4.98. The van der Waals surface area contributed by atoms with Gasteiger partial charge in [0.2, 0.25) is 0 Å². The van der Waals surface area contributed by atoms with Gasteiger partial charge in [0.15, 0.2) is 7.29 Å². The van der Waals surface area contributed by atoms with E-state index in [0.29, 0.717) is 0 Å². The first-order valence-corrected chi connectivity index (χ1v) is 12.3. The highest BCUT2D eigenvalue weighted by Crippen LogP contribution is 2.74. The van der Waals surface area contributed by atoms with Gasteiger partial charge in [-0.2, -0.15) is 0 Å². The van der Waals surface area contributed by atoms with Crippen LogP contribution in [-0.2, 0) is 15.4 Å². The lowest BCUT2D eigenvalue weighted by molar-refractivity contribution is 0.505. The quantitative estimate of drug-likeness (QED) is 0.387. The van der Waals surface area contributed by atoms with Crippen LogP contribution in [0.2, 0.25) is 0 Å². The van der Waals surface area contributed by atoms with Gasteiger partial charge in [-0.15, -0.1) is 0 Å². The second kappa shape index (κ2) is 7.56. The molecule has 0 amide bonds. The van der Waals surface area contributed by atoms with Crippen molar-refractivity contribution in [1.82, 2.24) is 4.67 Å². The van der Waals surface area contributed by atoms with E-state index in [1.807, 2.05) is 18.8 Å². The Morgan fingerprint density at radius 3 is 1.21 bits per heavy atom. The van der Waals surface area contributed by atoms with Gasteiger partial charge in [-0.1, -0.05) is 102 Å². The number of hydrogen-bond donors (Lipinski definition) is 0. The Morgan fingerprint density at radius 2 is 0.966 bits per heavy atom. The Bertz CT molecular complexity index is 853. The monoisotopic (exact) mass is 409 g/mol. The summed E-state index contributed by atoms with van der Waals surface area (Å²) in [7, 11) is 1.22. The molecule has 2 aromatic rings. The fourth-order valence-corrected chi connectivity index (χ4v) is 7.37. The van der Waals surface area contributed by atoms with Gasteiger partial charge in [-0.25, -0.2) is 0 Å². The lowest BCUT2D eigenvalue weighted by Crippen LogP contribution is -2.16. The molecule has 3 rings (SSSR count). The van der Waals surface area contributed by atoms with Crippen molar-refractivity contribution in [3.63, 3.8) is 0 Å². The largest absolute Gasteiger partial charge is 0.305 e. The predicted octanol–water partition coefficient (Wildman–Crippen LogP) is 7.47. The Labute approximate surface area is 177 Å². The first kappa shape index (κ1) is 22.1. The number of hydrogen-bond acceptors (Lipinski definition) is 1. The molecule has 1 aliphatic rings. The molecule has 156 valence electrons. The van der Waals surface area contributed by atoms with Gasteiger partial charge in [0.25, 0.3) is 0 Å². The standard InChI is InChI=1S/C26H36NOP/c1-25(2,3)21-13-9-19(10-14-21)23-17-18-24(29(23,28)27(7)8)20-11-15-22(16-12-20)26(4,5)6/h9-18,23-24H,1-8H3. The number of rotatable bonds is 3. The predicted molar refractivity (Wildman–Crippen MR) is 126 cm³/mol. The summed E-state index contributed by atoms with van der Waals surface area (Å²) in [6.07, 6.45) is 4.32. The van der Waals surface area contributed by atoms with E-state index in [0.717, 1.165) is 11.1 Å². The van der Waals surface area contributed by atoms with Crippen molar-refractivity contribution < 1.29 is 4.57 Å². The summed E-state index contributed by atoms with van der Waals surface area (Å²) in [6, 6.07) is 17.4. The molecule has 2 atom stereocenters. The highest BCUT2D eigenvalue weighted by atomic mass is 31.2. The number of allylic oxidation sites excluding steroid dienone is 2. The molecular formula is C26H36NOP. The topological polar surface area (TPSA) is 20.3 Å². The minimum atomic E-state index is -2.70. The van der Waals surface area contributed by atoms with Crippen molar-refractivity contribution in [1.29, 1.82) is 0 Å². The first-order valence-electron chi connectivity index (χ1n) is 10.5. The van der Waals surface area contributed by atoms with E-state index in [2.05, 4.69) is 102 Å². The van der Waals surface area contributed by atoms with Crippen molar-refractivity contribution in [3.05, 3.63) is 82.9 Å². The number of benzene rings is 2. The van der Waals surface area contributed by atoms with Crippen LogP contribution >= 0.6 is 7.29 Å². The van der Waals surface area contributed by atoms with E-state index >= 15 is 0 Å². The Morgan fingerprint density at radius 1 is 0.655 bits per heavy atom. The summed E-state index contributed by atoms with van der Waals surface area (Å²) in [6.45, 7) is 13.3. The molecule has 0 radical (unpaired) electrons. The highest BCUT2D eigenvalue weighted by molar-refractivity contribution is 7.63. The van der Waals surface area contributed by atoms with E-state index in [-0.39, 0.29) is 22.1 Å². The van der Waals surface area contributed by atoms with Crippen LogP contribution in [0.5, 0.6) is 0 Å². The van der Waals surface area contributed by atoms with Crippen molar-refractivity contribution in [2.45, 2.75) is 63.7 Å². The molecule has 0 bridgehead atoms. The van der Waals surface area contributed by atoms with E-state index < -0.39 is 7.29 Å². The molecule has 2 nitrogen and oxygen atoms in total. The zero-order valence-electron chi connectivity index (χ0n) is 19.2. The Kier molecular flexibility index (Phi) is 5.75. The molecule has 2 aromatic carbocycles. The van der Waals surface area contributed by atoms with Crippen LogP contribution in [-0.4, -0.2) is 18.8 Å². The summed E-state index contributed by atoms with van der Waals surface area (Å²) in [5, 5.41) is 0. The lowest BCUT2D eigenvalue weighted by atomic mass is 9.86. The van der Waals surface area contributed by atoms with Gasteiger partial charge in [-0.05, 0) is 47.2 Å². The van der Waals surface area contributed by atoms with Crippen LogP contribution in [0, 0.1) is 0 Å². The number of nitrogens with zero attached hydrogens (tertiary/aromatic N) is 1. The Hall–Kier alpha value is -1.63. The molecule has 0 aliphatic carbocycles. The van der Waals surface area contributed by atoms with Gasteiger partial charge in [-0.3, -0.25) is 4.67 Å². The maximum absolute atomic E-state index is 14.4. The third-order valence-electron chi connectivity index (χ3n) is 6.13. The summed E-state index contributed by atoms with van der Waals surface area (Å²) in [4.78, 5) is 0. The van der Waals surface area contributed by atoms with Gasteiger partial charge < -0.3 is 4.57 Å². The second-order valence-corrected chi connectivity index (χ2v) is 13.8. The van der Waals surface area contributed by atoms with Crippen molar-refractivity contribution in [2.24, 2.45) is 0 Å². The van der Waals surface area contributed by atoms with Gasteiger partial charge in [0.05, 0.1) is 11.3 Å². The zero-order chi connectivity index (χ0) is 21.6. The zero-order valence-corrected chi connectivity index (χ0v) is 20.1. The van der Waals surface area contributed by atoms with Crippen molar-refractivity contribution >= 4 is 7.29 Å². The van der Waals surface area contributed by atoms with Crippen molar-refractivity contribution in [2.75, 3.05) is 14.1 Å². The summed E-state index contributed by atoms with van der Waals surface area (Å²) >= 11 is 0. The minimum absolute atomic E-state index is 0.0705. The Balaban J connectivity index is 1.97. The third-order valence-corrected chi connectivity index (χ3v) is 9.92. The molecule has 0 saturated carbocycles. The van der Waals surface area contributed by atoms with Crippen LogP contribution in [0.3, 0.4) is 0 Å². The van der Waals surface area contributed by atoms with E-state index in [1.165, 1.54) is 11.1 Å². The van der Waals surface area contributed by atoms with Crippen LogP contribution in [0.4, 0.5) is 0 Å². The second-order valence-electron chi connectivity index (χ2n) is 10.5. The van der Waals surface area contributed by atoms with Crippen LogP contribution in [0.25, 0.3) is 0 Å². The third kappa shape index (κ3) is 4.16. The summed E-state index contributed by atoms with van der Waals surface area (Å²) < 4.78 is 16.4. The van der Waals surface area contributed by atoms with Crippen molar-refractivity contribution in [3.8, 4) is 0 Å². The van der Waals surface area contributed by atoms with Gasteiger partial charge in [0.1, 0.15) is 0 Å². The van der Waals surface area contributed by atoms with Crippen LogP contribution in [0.15, 0.2) is 60.7 Å². The van der Waals surface area contributed by atoms with E-state index in [4.69, 9.17) is 0 Å². The SMILES string of the molecule is CN(C)P1(=O)C(c2ccc(C(C)(C)C)cc2)C=CC1c1ccc(C(C)(C)C)cc1. The van der Waals surface area contributed by atoms with E-state index in [9.17, 15) is 4.57 Å². The van der Waals surface area contributed by atoms with Crippen LogP contribution < -0.4 is 0 Å². The molecule has 29 heavy (non-hydrogen) atoms. The molecule has 3 heteroatoms. The molecule has 1 heterocycles. The molecule has 0 saturated heterocycles. The molecule has 0 N–H and O–H groups in total. The average Bonchev–Trinajstić information content (AvgIpc) is 2.99. The smallest absolute Gasteiger partial charge is 0.171 e. The molecule has 0 fully saturated rings. The maximum Gasteiger partial charge on any atom is 0.171 e. The molecular weight excluding hydrogens is 373 g/mol. The molecule has 2 unspecified atom stereocenters. The highest BCUT2D eigenvalue weighted by Gasteiger charge is 2.45. The normalized spacial score (nSPS) is 25.0. The molecule has 1 aliphatic heterocycles. The minimum Gasteiger partial charge on any atom is -0.305 e. The van der Waals surface area contributed by atoms with Gasteiger partial charge in [0, 0.05) is 0 Å². The van der Waals surface area contributed by atoms with E-state index in [1.54, 1.807) is 0 Å².